The van der Waals surface area contributed by atoms with Gasteiger partial charge in [-0.25, -0.2) is 4.98 Å². The van der Waals surface area contributed by atoms with Crippen molar-refractivity contribution in [3.05, 3.63) is 11.8 Å². The Morgan fingerprint density at radius 2 is 2.44 bits per heavy atom. The first-order valence-electron chi connectivity index (χ1n) is 6.08. The maximum absolute atomic E-state index is 8.90. The first kappa shape index (κ1) is 12.6. The fourth-order valence-corrected chi connectivity index (χ4v) is 1.89. The van der Waals surface area contributed by atoms with Crippen molar-refractivity contribution in [2.75, 3.05) is 36.5 Å². The highest BCUT2D eigenvalue weighted by molar-refractivity contribution is 5.45. The number of ether oxygens (including phenoxy) is 1. The van der Waals surface area contributed by atoms with E-state index in [0.717, 1.165) is 24.6 Å². The number of nitrogens with one attached hydrogen (secondary N) is 1. The lowest BCUT2D eigenvalue weighted by Gasteiger charge is -2.30. The Hall–Kier alpha value is -1.87. The van der Waals surface area contributed by atoms with E-state index < -0.39 is 0 Å². The summed E-state index contributed by atoms with van der Waals surface area (Å²) >= 11 is 0. The van der Waals surface area contributed by atoms with Crippen molar-refractivity contribution in [3.8, 4) is 6.07 Å². The van der Waals surface area contributed by atoms with Crippen LogP contribution >= 0.6 is 0 Å². The molecule has 0 amide bonds. The van der Waals surface area contributed by atoms with Gasteiger partial charge < -0.3 is 15.0 Å². The molecule has 1 aliphatic rings. The topological polar surface area (TPSA) is 74.1 Å². The zero-order chi connectivity index (χ0) is 13.0. The first-order valence-corrected chi connectivity index (χ1v) is 6.08. The predicted octanol–water partition coefficient (Wildman–Crippen LogP) is 0.946. The molecule has 0 bridgehead atoms. The van der Waals surface area contributed by atoms with E-state index in [1.54, 1.807) is 0 Å². The highest BCUT2D eigenvalue weighted by Gasteiger charge is 2.21. The van der Waals surface area contributed by atoms with Gasteiger partial charge in [0.25, 0.3) is 0 Å². The summed E-state index contributed by atoms with van der Waals surface area (Å²) in [4.78, 5) is 10.8. The van der Waals surface area contributed by atoms with Crippen LogP contribution in [-0.4, -0.2) is 42.3 Å². The molecule has 2 rings (SSSR count). The van der Waals surface area contributed by atoms with Crippen LogP contribution in [0.4, 0.5) is 11.8 Å². The summed E-state index contributed by atoms with van der Waals surface area (Å²) in [5, 5.41) is 12.0. The largest absolute Gasteiger partial charge is 0.360 e. The molecule has 6 heteroatoms. The monoisotopic (exact) mass is 247 g/mol. The number of nitrogens with zero attached hydrogens (tertiary/aromatic N) is 4. The molecule has 1 atom stereocenters. The van der Waals surface area contributed by atoms with Crippen LogP contribution < -0.4 is 10.2 Å². The van der Waals surface area contributed by atoms with E-state index in [0.29, 0.717) is 19.1 Å². The Morgan fingerprint density at radius 1 is 1.61 bits per heavy atom. The van der Waals surface area contributed by atoms with Crippen molar-refractivity contribution < 1.29 is 4.74 Å². The van der Waals surface area contributed by atoms with Gasteiger partial charge in [0.05, 0.1) is 19.2 Å². The maximum atomic E-state index is 8.90. The average Bonchev–Trinajstić information content (AvgIpc) is 2.38. The maximum Gasteiger partial charge on any atom is 0.224 e. The van der Waals surface area contributed by atoms with Gasteiger partial charge in [-0.3, -0.25) is 0 Å². The van der Waals surface area contributed by atoms with Crippen molar-refractivity contribution in [2.24, 2.45) is 0 Å². The fraction of sp³-hybridized carbons (Fsp3) is 0.583. The Balaban J connectivity index is 2.19. The van der Waals surface area contributed by atoms with Crippen LogP contribution in [0.2, 0.25) is 0 Å². The molecular weight excluding hydrogens is 230 g/mol. The van der Waals surface area contributed by atoms with Gasteiger partial charge in [0.15, 0.2) is 6.10 Å². The smallest absolute Gasteiger partial charge is 0.224 e. The van der Waals surface area contributed by atoms with E-state index in [2.05, 4.69) is 26.3 Å². The van der Waals surface area contributed by atoms with Crippen molar-refractivity contribution in [1.29, 1.82) is 5.26 Å². The number of anilines is 2. The molecular formula is C12H17N5O. The van der Waals surface area contributed by atoms with E-state index >= 15 is 0 Å². The fourth-order valence-electron chi connectivity index (χ4n) is 1.89. The summed E-state index contributed by atoms with van der Waals surface area (Å²) < 4.78 is 5.33. The number of rotatable bonds is 3. The predicted molar refractivity (Wildman–Crippen MR) is 68.5 cm³/mol. The second-order valence-electron chi connectivity index (χ2n) is 4.16. The molecule has 1 aliphatic heterocycles. The standard InChI is InChI=1S/C12H17N5O/c1-3-14-12-15-9(2)6-11(16-12)17-4-5-18-10(7-13)8-17/h6,10H,3-5,8H2,1-2H3,(H,14,15,16). The molecule has 1 unspecified atom stereocenters. The molecule has 0 aliphatic carbocycles. The Kier molecular flexibility index (Phi) is 3.95. The quantitative estimate of drug-likeness (QED) is 0.857. The van der Waals surface area contributed by atoms with E-state index in [9.17, 15) is 0 Å². The highest BCUT2D eigenvalue weighted by Crippen LogP contribution is 2.17. The number of aromatic nitrogens is 2. The molecule has 18 heavy (non-hydrogen) atoms. The number of morpholine rings is 1. The molecule has 1 aromatic heterocycles. The van der Waals surface area contributed by atoms with Gasteiger partial charge in [0.2, 0.25) is 5.95 Å². The van der Waals surface area contributed by atoms with Crippen LogP contribution in [0.15, 0.2) is 6.07 Å². The third kappa shape index (κ3) is 2.87. The normalized spacial score (nSPS) is 19.4. The third-order valence-electron chi connectivity index (χ3n) is 2.71. The van der Waals surface area contributed by atoms with E-state index in [1.165, 1.54) is 0 Å². The number of hydrogen-bond donors (Lipinski definition) is 1. The minimum Gasteiger partial charge on any atom is -0.360 e. The molecule has 0 spiro atoms. The summed E-state index contributed by atoms with van der Waals surface area (Å²) in [5.41, 5.74) is 0.913. The molecule has 96 valence electrons. The number of hydrogen-bond acceptors (Lipinski definition) is 6. The lowest BCUT2D eigenvalue weighted by atomic mass is 10.3. The molecule has 2 heterocycles. The Labute approximate surface area is 107 Å². The lowest BCUT2D eigenvalue weighted by Crippen LogP contribution is -2.42. The second-order valence-corrected chi connectivity index (χ2v) is 4.16. The molecule has 1 saturated heterocycles. The molecule has 1 aromatic rings. The van der Waals surface area contributed by atoms with Gasteiger partial charge in [-0.05, 0) is 13.8 Å². The summed E-state index contributed by atoms with van der Waals surface area (Å²) in [7, 11) is 0. The summed E-state index contributed by atoms with van der Waals surface area (Å²) in [6, 6.07) is 4.07. The minimum atomic E-state index is -0.378. The van der Waals surface area contributed by atoms with Crippen molar-refractivity contribution in [2.45, 2.75) is 20.0 Å². The van der Waals surface area contributed by atoms with Gasteiger partial charge in [-0.2, -0.15) is 10.2 Å². The summed E-state index contributed by atoms with van der Waals surface area (Å²) in [6.07, 6.45) is -0.378. The zero-order valence-electron chi connectivity index (χ0n) is 10.7. The van der Waals surface area contributed by atoms with Crippen LogP contribution in [0.5, 0.6) is 0 Å². The second kappa shape index (κ2) is 5.65. The lowest BCUT2D eigenvalue weighted by molar-refractivity contribution is 0.0761. The van der Waals surface area contributed by atoms with E-state index in [1.807, 2.05) is 19.9 Å². The van der Waals surface area contributed by atoms with Gasteiger partial charge in [0, 0.05) is 24.8 Å². The third-order valence-corrected chi connectivity index (χ3v) is 2.71. The highest BCUT2D eigenvalue weighted by atomic mass is 16.5. The van der Waals surface area contributed by atoms with Gasteiger partial charge in [0.1, 0.15) is 5.82 Å². The van der Waals surface area contributed by atoms with Crippen molar-refractivity contribution in [3.63, 3.8) is 0 Å². The van der Waals surface area contributed by atoms with Crippen LogP contribution in [0.1, 0.15) is 12.6 Å². The van der Waals surface area contributed by atoms with Crippen molar-refractivity contribution >= 4 is 11.8 Å². The molecule has 6 nitrogen and oxygen atoms in total. The molecule has 1 N–H and O–H groups in total. The van der Waals surface area contributed by atoms with Crippen LogP contribution in [0.25, 0.3) is 0 Å². The summed E-state index contributed by atoms with van der Waals surface area (Å²) in [5.74, 6) is 1.48. The number of nitriles is 1. The number of aryl methyl sites for hydroxylation is 1. The van der Waals surface area contributed by atoms with E-state index in [-0.39, 0.29) is 6.10 Å². The summed E-state index contributed by atoms with van der Waals surface area (Å²) in [6.45, 7) is 6.59. The minimum absolute atomic E-state index is 0.378. The molecule has 0 saturated carbocycles. The van der Waals surface area contributed by atoms with E-state index in [4.69, 9.17) is 10.00 Å². The molecule has 0 aromatic carbocycles. The van der Waals surface area contributed by atoms with Crippen LogP contribution in [-0.2, 0) is 4.74 Å². The van der Waals surface area contributed by atoms with Gasteiger partial charge in [-0.15, -0.1) is 0 Å². The average molecular weight is 247 g/mol. The molecule has 0 radical (unpaired) electrons. The van der Waals surface area contributed by atoms with Crippen LogP contribution in [0.3, 0.4) is 0 Å². The van der Waals surface area contributed by atoms with Crippen molar-refractivity contribution in [1.82, 2.24) is 9.97 Å². The Bertz CT molecular complexity index is 456. The molecule has 1 fully saturated rings. The van der Waals surface area contributed by atoms with Crippen LogP contribution in [0, 0.1) is 18.3 Å². The first-order chi connectivity index (χ1) is 8.72. The SMILES string of the molecule is CCNc1nc(C)cc(N2CCOC(C#N)C2)n1. The zero-order valence-corrected chi connectivity index (χ0v) is 10.7. The Morgan fingerprint density at radius 3 is 3.17 bits per heavy atom. The van der Waals surface area contributed by atoms with Gasteiger partial charge in [-0.1, -0.05) is 0 Å². The van der Waals surface area contributed by atoms with Gasteiger partial charge >= 0.3 is 0 Å².